The molecular weight excluding hydrogens is 356 g/mol. The molecule has 148 valence electrons. The standard InChI is InChI=1S/C22H26N2O4/c1-17-12-14-19(15-13-17)22(27)24-23-20(25)10-5-11-21(26)28-16-6-9-18-7-3-2-4-8-18/h2-4,7-8,12-15H,5-6,9-11,16H2,1H3,(H,23,25)(H,24,27). The van der Waals surface area contributed by atoms with Crippen molar-refractivity contribution in [2.75, 3.05) is 6.61 Å². The smallest absolute Gasteiger partial charge is 0.305 e. The molecule has 0 heterocycles. The van der Waals surface area contributed by atoms with Gasteiger partial charge >= 0.3 is 5.97 Å². The Hall–Kier alpha value is -3.15. The first-order valence-corrected chi connectivity index (χ1v) is 9.40. The van der Waals surface area contributed by atoms with Crippen LogP contribution in [0.15, 0.2) is 54.6 Å². The number of nitrogens with one attached hydrogen (secondary N) is 2. The summed E-state index contributed by atoms with van der Waals surface area (Å²) in [5.74, 6) is -1.05. The van der Waals surface area contributed by atoms with Gasteiger partial charge in [0.15, 0.2) is 0 Å². The van der Waals surface area contributed by atoms with Crippen LogP contribution in [-0.2, 0) is 20.7 Å². The summed E-state index contributed by atoms with van der Waals surface area (Å²) in [6, 6.07) is 17.0. The lowest BCUT2D eigenvalue weighted by molar-refractivity contribution is -0.143. The van der Waals surface area contributed by atoms with Gasteiger partial charge in [0.25, 0.3) is 5.91 Å². The largest absolute Gasteiger partial charge is 0.466 e. The van der Waals surface area contributed by atoms with E-state index in [1.807, 2.05) is 49.4 Å². The Morgan fingerprint density at radius 1 is 0.857 bits per heavy atom. The summed E-state index contributed by atoms with van der Waals surface area (Å²) in [5.41, 5.74) is 7.43. The van der Waals surface area contributed by atoms with Gasteiger partial charge in [0.2, 0.25) is 5.91 Å². The topological polar surface area (TPSA) is 84.5 Å². The molecule has 0 unspecified atom stereocenters. The highest BCUT2D eigenvalue weighted by molar-refractivity contribution is 5.95. The number of ether oxygens (including phenoxy) is 1. The van der Waals surface area contributed by atoms with Crippen LogP contribution < -0.4 is 10.9 Å². The molecule has 2 aromatic rings. The average Bonchev–Trinajstić information content (AvgIpc) is 2.71. The number of hydrogen-bond donors (Lipinski definition) is 2. The van der Waals surface area contributed by atoms with Gasteiger partial charge in [-0.05, 0) is 43.9 Å². The maximum Gasteiger partial charge on any atom is 0.305 e. The number of carbonyl (C=O) groups is 3. The third-order valence-corrected chi connectivity index (χ3v) is 4.13. The van der Waals surface area contributed by atoms with E-state index >= 15 is 0 Å². The van der Waals surface area contributed by atoms with E-state index in [1.165, 1.54) is 5.56 Å². The highest BCUT2D eigenvalue weighted by atomic mass is 16.5. The monoisotopic (exact) mass is 382 g/mol. The Morgan fingerprint density at radius 3 is 2.29 bits per heavy atom. The van der Waals surface area contributed by atoms with Crippen molar-refractivity contribution < 1.29 is 19.1 Å². The Morgan fingerprint density at radius 2 is 1.57 bits per heavy atom. The molecule has 2 amide bonds. The maximum atomic E-state index is 11.9. The molecule has 2 rings (SSSR count). The molecule has 0 radical (unpaired) electrons. The fourth-order valence-electron chi connectivity index (χ4n) is 2.54. The second kappa shape index (κ2) is 11.5. The fourth-order valence-corrected chi connectivity index (χ4v) is 2.54. The van der Waals surface area contributed by atoms with Crippen molar-refractivity contribution in [2.24, 2.45) is 0 Å². The van der Waals surface area contributed by atoms with Crippen LogP contribution >= 0.6 is 0 Å². The van der Waals surface area contributed by atoms with Crippen LogP contribution in [0.4, 0.5) is 0 Å². The van der Waals surface area contributed by atoms with Crippen LogP contribution in [-0.4, -0.2) is 24.4 Å². The lowest BCUT2D eigenvalue weighted by Crippen LogP contribution is -2.41. The van der Waals surface area contributed by atoms with E-state index in [0.717, 1.165) is 18.4 Å². The Balaban J connectivity index is 1.53. The molecule has 0 aliphatic rings. The van der Waals surface area contributed by atoms with Gasteiger partial charge in [-0.3, -0.25) is 25.2 Å². The van der Waals surface area contributed by atoms with E-state index in [0.29, 0.717) is 18.6 Å². The van der Waals surface area contributed by atoms with Crippen LogP contribution in [0.1, 0.15) is 47.2 Å². The number of benzene rings is 2. The zero-order valence-corrected chi connectivity index (χ0v) is 16.1. The quantitative estimate of drug-likeness (QED) is 0.396. The molecule has 0 aromatic heterocycles. The molecule has 0 saturated heterocycles. The molecule has 6 nitrogen and oxygen atoms in total. The van der Waals surface area contributed by atoms with Crippen molar-refractivity contribution in [1.82, 2.24) is 10.9 Å². The van der Waals surface area contributed by atoms with Crippen LogP contribution in [0, 0.1) is 6.92 Å². The predicted molar refractivity (Wildman–Crippen MR) is 106 cm³/mol. The van der Waals surface area contributed by atoms with E-state index in [-0.39, 0.29) is 30.6 Å². The molecule has 0 atom stereocenters. The molecule has 2 aromatic carbocycles. The van der Waals surface area contributed by atoms with Crippen molar-refractivity contribution >= 4 is 17.8 Å². The van der Waals surface area contributed by atoms with Crippen LogP contribution in [0.2, 0.25) is 0 Å². The molecule has 0 spiro atoms. The van der Waals surface area contributed by atoms with Gasteiger partial charge in [0.05, 0.1) is 6.61 Å². The van der Waals surface area contributed by atoms with Gasteiger partial charge in [-0.2, -0.15) is 0 Å². The second-order valence-corrected chi connectivity index (χ2v) is 6.53. The van der Waals surface area contributed by atoms with Gasteiger partial charge in [0.1, 0.15) is 0 Å². The van der Waals surface area contributed by atoms with Gasteiger partial charge < -0.3 is 4.74 Å². The third kappa shape index (κ3) is 8.03. The summed E-state index contributed by atoms with van der Waals surface area (Å²) in [6.07, 6.45) is 2.29. The molecule has 6 heteroatoms. The van der Waals surface area contributed by atoms with E-state index in [4.69, 9.17) is 4.74 Å². The Bertz CT molecular complexity index is 773. The highest BCUT2D eigenvalue weighted by Crippen LogP contribution is 2.04. The van der Waals surface area contributed by atoms with E-state index in [2.05, 4.69) is 10.9 Å². The summed E-state index contributed by atoms with van der Waals surface area (Å²) in [4.78, 5) is 35.3. The second-order valence-electron chi connectivity index (χ2n) is 6.53. The fraction of sp³-hybridized carbons (Fsp3) is 0.318. The number of aryl methyl sites for hydroxylation is 2. The molecule has 28 heavy (non-hydrogen) atoms. The summed E-state index contributed by atoms with van der Waals surface area (Å²) in [5, 5.41) is 0. The number of carbonyl (C=O) groups excluding carboxylic acids is 3. The zero-order chi connectivity index (χ0) is 20.2. The van der Waals surface area contributed by atoms with Crippen molar-refractivity contribution in [1.29, 1.82) is 0 Å². The molecule has 0 aliphatic heterocycles. The highest BCUT2D eigenvalue weighted by Gasteiger charge is 2.09. The first kappa shape index (κ1) is 21.2. The van der Waals surface area contributed by atoms with Gasteiger partial charge in [-0.15, -0.1) is 0 Å². The first-order valence-electron chi connectivity index (χ1n) is 9.40. The third-order valence-electron chi connectivity index (χ3n) is 4.13. The van der Waals surface area contributed by atoms with Crippen LogP contribution in [0.3, 0.4) is 0 Å². The normalized spacial score (nSPS) is 10.2. The Labute approximate surface area is 165 Å². The number of hydrazine groups is 1. The predicted octanol–water partition coefficient (Wildman–Crippen LogP) is 3.10. The van der Waals surface area contributed by atoms with Gasteiger partial charge in [0, 0.05) is 18.4 Å². The van der Waals surface area contributed by atoms with Crippen LogP contribution in [0.5, 0.6) is 0 Å². The van der Waals surface area contributed by atoms with Crippen molar-refractivity contribution in [3.63, 3.8) is 0 Å². The average molecular weight is 382 g/mol. The van der Waals surface area contributed by atoms with Gasteiger partial charge in [-0.1, -0.05) is 48.0 Å². The summed E-state index contributed by atoms with van der Waals surface area (Å²) < 4.78 is 5.17. The maximum absolute atomic E-state index is 11.9. The van der Waals surface area contributed by atoms with E-state index < -0.39 is 0 Å². The number of esters is 1. The molecular formula is C22H26N2O4. The lowest BCUT2D eigenvalue weighted by Gasteiger charge is -2.08. The summed E-state index contributed by atoms with van der Waals surface area (Å²) in [7, 11) is 0. The molecule has 0 bridgehead atoms. The number of amides is 2. The van der Waals surface area contributed by atoms with Crippen molar-refractivity contribution in [3.05, 3.63) is 71.3 Å². The first-order chi connectivity index (χ1) is 13.5. The zero-order valence-electron chi connectivity index (χ0n) is 16.1. The minimum atomic E-state index is -0.383. The number of hydrogen-bond acceptors (Lipinski definition) is 4. The van der Waals surface area contributed by atoms with Crippen molar-refractivity contribution in [2.45, 2.75) is 39.0 Å². The minimum Gasteiger partial charge on any atom is -0.466 e. The van der Waals surface area contributed by atoms with Gasteiger partial charge in [-0.25, -0.2) is 0 Å². The number of rotatable bonds is 9. The summed E-state index contributed by atoms with van der Waals surface area (Å²) >= 11 is 0. The van der Waals surface area contributed by atoms with Crippen LogP contribution in [0.25, 0.3) is 0 Å². The minimum absolute atomic E-state index is 0.132. The lowest BCUT2D eigenvalue weighted by atomic mass is 10.1. The Kier molecular flexibility index (Phi) is 8.72. The molecule has 0 aliphatic carbocycles. The molecule has 0 fully saturated rings. The van der Waals surface area contributed by atoms with E-state index in [9.17, 15) is 14.4 Å². The van der Waals surface area contributed by atoms with Crippen molar-refractivity contribution in [3.8, 4) is 0 Å². The molecule has 2 N–H and O–H groups in total. The van der Waals surface area contributed by atoms with E-state index in [1.54, 1.807) is 12.1 Å². The summed E-state index contributed by atoms with van der Waals surface area (Å²) in [6.45, 7) is 2.30. The molecule has 0 saturated carbocycles. The SMILES string of the molecule is Cc1ccc(C(=O)NNC(=O)CCCC(=O)OCCCc2ccccc2)cc1.